The van der Waals surface area contributed by atoms with Crippen LogP contribution in [0.3, 0.4) is 0 Å². The summed E-state index contributed by atoms with van der Waals surface area (Å²) in [6.45, 7) is -0.500. The molecule has 162 valence electrons. The SMILES string of the molecule is O=C(NCCO)c1cccc(-c2ccc(OC3OC(CO)C(O)C(O)C3O)cc2)c1. The minimum atomic E-state index is -1.51. The van der Waals surface area contributed by atoms with Gasteiger partial charge in [-0.05, 0) is 35.4 Å². The molecule has 0 aliphatic carbocycles. The molecule has 1 amide bonds. The molecule has 1 aliphatic heterocycles. The molecule has 3 rings (SSSR count). The Balaban J connectivity index is 1.70. The Morgan fingerprint density at radius 2 is 1.70 bits per heavy atom. The summed E-state index contributed by atoms with van der Waals surface area (Å²) in [6, 6.07) is 13.8. The lowest BCUT2D eigenvalue weighted by molar-refractivity contribution is -0.277. The zero-order valence-corrected chi connectivity index (χ0v) is 16.1. The molecule has 0 radical (unpaired) electrons. The lowest BCUT2D eigenvalue weighted by Crippen LogP contribution is -2.60. The number of ether oxygens (including phenoxy) is 2. The summed E-state index contributed by atoms with van der Waals surface area (Å²) in [5.74, 6) is 0.0633. The first kappa shape index (κ1) is 22.2. The van der Waals surface area contributed by atoms with E-state index in [2.05, 4.69) is 5.32 Å². The van der Waals surface area contributed by atoms with Crippen LogP contribution in [-0.2, 0) is 4.74 Å². The third-order valence-electron chi connectivity index (χ3n) is 4.81. The molecule has 2 aromatic rings. The van der Waals surface area contributed by atoms with Gasteiger partial charge in [0.1, 0.15) is 30.2 Å². The summed E-state index contributed by atoms with van der Waals surface area (Å²) in [5, 5.41) is 50.4. The Labute approximate surface area is 173 Å². The van der Waals surface area contributed by atoms with Crippen molar-refractivity contribution >= 4 is 5.91 Å². The second kappa shape index (κ2) is 9.98. The van der Waals surface area contributed by atoms with Gasteiger partial charge in [0.15, 0.2) is 0 Å². The minimum Gasteiger partial charge on any atom is -0.462 e. The van der Waals surface area contributed by atoms with E-state index in [4.69, 9.17) is 14.6 Å². The standard InChI is InChI=1S/C21H25NO8/c23-9-8-22-20(28)14-3-1-2-13(10-14)12-4-6-15(7-5-12)29-21-19(27)18(26)17(25)16(11-24)30-21/h1-7,10,16-19,21,23-27H,8-9,11H2,(H,22,28). The van der Waals surface area contributed by atoms with Crippen molar-refractivity contribution in [3.63, 3.8) is 0 Å². The van der Waals surface area contributed by atoms with Crippen LogP contribution in [0.2, 0.25) is 0 Å². The van der Waals surface area contributed by atoms with Crippen molar-refractivity contribution in [3.8, 4) is 16.9 Å². The van der Waals surface area contributed by atoms with E-state index in [0.29, 0.717) is 11.3 Å². The van der Waals surface area contributed by atoms with Crippen molar-refractivity contribution in [1.82, 2.24) is 5.32 Å². The Bertz CT molecular complexity index is 841. The molecule has 1 fully saturated rings. The van der Waals surface area contributed by atoms with Crippen molar-refractivity contribution in [2.24, 2.45) is 0 Å². The Morgan fingerprint density at radius 3 is 2.37 bits per heavy atom. The van der Waals surface area contributed by atoms with Crippen LogP contribution in [0.1, 0.15) is 10.4 Å². The number of carbonyl (C=O) groups is 1. The van der Waals surface area contributed by atoms with Crippen LogP contribution < -0.4 is 10.1 Å². The summed E-state index contributed by atoms with van der Waals surface area (Å²) in [4.78, 5) is 12.1. The molecule has 5 atom stereocenters. The number of hydrogen-bond donors (Lipinski definition) is 6. The number of aliphatic hydroxyl groups is 5. The highest BCUT2D eigenvalue weighted by molar-refractivity contribution is 5.95. The molecule has 1 aliphatic rings. The van der Waals surface area contributed by atoms with Gasteiger partial charge in [0.25, 0.3) is 5.91 Å². The maximum Gasteiger partial charge on any atom is 0.251 e. The molecular weight excluding hydrogens is 394 g/mol. The molecular formula is C21H25NO8. The summed E-state index contributed by atoms with van der Waals surface area (Å²) >= 11 is 0. The van der Waals surface area contributed by atoms with Gasteiger partial charge in [0.05, 0.1) is 13.2 Å². The Morgan fingerprint density at radius 1 is 0.967 bits per heavy atom. The minimum absolute atomic E-state index is 0.138. The molecule has 0 bridgehead atoms. The predicted molar refractivity (Wildman–Crippen MR) is 106 cm³/mol. The van der Waals surface area contributed by atoms with Gasteiger partial charge in [-0.2, -0.15) is 0 Å². The highest BCUT2D eigenvalue weighted by atomic mass is 16.7. The van der Waals surface area contributed by atoms with Gasteiger partial charge in [-0.3, -0.25) is 4.79 Å². The van der Waals surface area contributed by atoms with Crippen LogP contribution in [0, 0.1) is 0 Å². The highest BCUT2D eigenvalue weighted by Crippen LogP contribution is 2.27. The van der Waals surface area contributed by atoms with Crippen molar-refractivity contribution in [1.29, 1.82) is 0 Å². The summed E-state index contributed by atoms with van der Waals surface area (Å²) in [7, 11) is 0. The molecule has 9 heteroatoms. The summed E-state index contributed by atoms with van der Waals surface area (Å²) in [6.07, 6.45) is -6.76. The van der Waals surface area contributed by atoms with E-state index < -0.39 is 37.3 Å². The molecule has 9 nitrogen and oxygen atoms in total. The molecule has 1 heterocycles. The fraction of sp³-hybridized carbons (Fsp3) is 0.381. The van der Waals surface area contributed by atoms with E-state index in [0.717, 1.165) is 11.1 Å². The highest BCUT2D eigenvalue weighted by Gasteiger charge is 2.44. The topological polar surface area (TPSA) is 149 Å². The second-order valence-corrected chi connectivity index (χ2v) is 6.90. The van der Waals surface area contributed by atoms with Gasteiger partial charge >= 0.3 is 0 Å². The molecule has 0 aromatic heterocycles. The van der Waals surface area contributed by atoms with Crippen LogP contribution in [0.4, 0.5) is 0 Å². The number of nitrogens with one attached hydrogen (secondary N) is 1. The van der Waals surface area contributed by atoms with E-state index in [1.54, 1.807) is 42.5 Å². The second-order valence-electron chi connectivity index (χ2n) is 6.90. The van der Waals surface area contributed by atoms with Gasteiger partial charge in [-0.15, -0.1) is 0 Å². The van der Waals surface area contributed by atoms with Crippen LogP contribution in [0.5, 0.6) is 5.75 Å². The van der Waals surface area contributed by atoms with Crippen LogP contribution >= 0.6 is 0 Å². The monoisotopic (exact) mass is 419 g/mol. The average Bonchev–Trinajstić information content (AvgIpc) is 2.78. The van der Waals surface area contributed by atoms with Crippen molar-refractivity contribution in [2.45, 2.75) is 30.7 Å². The van der Waals surface area contributed by atoms with Crippen LogP contribution in [-0.4, -0.2) is 81.9 Å². The fourth-order valence-corrected chi connectivity index (χ4v) is 3.14. The van der Waals surface area contributed by atoms with Gasteiger partial charge in [-0.1, -0.05) is 24.3 Å². The third-order valence-corrected chi connectivity index (χ3v) is 4.81. The maximum atomic E-state index is 12.1. The Kier molecular flexibility index (Phi) is 7.38. The summed E-state index contributed by atoms with van der Waals surface area (Å²) < 4.78 is 10.9. The first-order valence-corrected chi connectivity index (χ1v) is 9.51. The number of benzene rings is 2. The lowest BCUT2D eigenvalue weighted by Gasteiger charge is -2.39. The van der Waals surface area contributed by atoms with Crippen molar-refractivity contribution < 1.29 is 39.8 Å². The zero-order chi connectivity index (χ0) is 21.7. The molecule has 6 N–H and O–H groups in total. The largest absolute Gasteiger partial charge is 0.462 e. The normalized spacial score (nSPS) is 26.2. The van der Waals surface area contributed by atoms with E-state index in [1.807, 2.05) is 6.07 Å². The molecule has 0 spiro atoms. The maximum absolute atomic E-state index is 12.1. The van der Waals surface area contributed by atoms with Gasteiger partial charge in [0.2, 0.25) is 6.29 Å². The number of rotatable bonds is 7. The van der Waals surface area contributed by atoms with Gasteiger partial charge < -0.3 is 40.3 Å². The zero-order valence-electron chi connectivity index (χ0n) is 16.1. The van der Waals surface area contributed by atoms with Crippen LogP contribution in [0.15, 0.2) is 48.5 Å². The molecule has 2 aromatic carbocycles. The first-order chi connectivity index (χ1) is 14.4. The van der Waals surface area contributed by atoms with Crippen molar-refractivity contribution in [2.75, 3.05) is 19.8 Å². The predicted octanol–water partition coefficient (Wildman–Crippen LogP) is -0.746. The van der Waals surface area contributed by atoms with E-state index in [9.17, 15) is 25.2 Å². The number of hydrogen-bond acceptors (Lipinski definition) is 8. The molecule has 5 unspecified atom stereocenters. The van der Waals surface area contributed by atoms with Gasteiger partial charge in [0, 0.05) is 12.1 Å². The van der Waals surface area contributed by atoms with Crippen molar-refractivity contribution in [3.05, 3.63) is 54.1 Å². The van der Waals surface area contributed by atoms with E-state index in [-0.39, 0.29) is 19.1 Å². The lowest BCUT2D eigenvalue weighted by atomic mass is 9.99. The first-order valence-electron chi connectivity index (χ1n) is 9.51. The summed E-state index contributed by atoms with van der Waals surface area (Å²) in [5.41, 5.74) is 2.07. The van der Waals surface area contributed by atoms with E-state index >= 15 is 0 Å². The third kappa shape index (κ3) is 4.96. The Hall–Kier alpha value is -2.53. The molecule has 1 saturated heterocycles. The number of carbonyl (C=O) groups excluding carboxylic acids is 1. The van der Waals surface area contributed by atoms with Crippen LogP contribution in [0.25, 0.3) is 11.1 Å². The number of amides is 1. The average molecular weight is 419 g/mol. The van der Waals surface area contributed by atoms with Gasteiger partial charge in [-0.25, -0.2) is 0 Å². The number of aliphatic hydroxyl groups excluding tert-OH is 5. The molecule has 0 saturated carbocycles. The smallest absolute Gasteiger partial charge is 0.251 e. The van der Waals surface area contributed by atoms with E-state index in [1.165, 1.54) is 0 Å². The molecule has 30 heavy (non-hydrogen) atoms. The fourth-order valence-electron chi connectivity index (χ4n) is 3.14. The quantitative estimate of drug-likeness (QED) is 0.344.